The number of nitrogens with zero attached hydrogens (tertiary/aromatic N) is 3. The number of amides is 1. The van der Waals surface area contributed by atoms with E-state index in [1.54, 1.807) is 18.5 Å². The molecule has 1 saturated heterocycles. The van der Waals surface area contributed by atoms with Crippen molar-refractivity contribution >= 4 is 32.6 Å². The lowest BCUT2D eigenvalue weighted by atomic mass is 10.00. The summed E-state index contributed by atoms with van der Waals surface area (Å²) < 4.78 is 14.1. The van der Waals surface area contributed by atoms with Gasteiger partial charge in [-0.2, -0.15) is 0 Å². The quantitative estimate of drug-likeness (QED) is 0.792. The van der Waals surface area contributed by atoms with Gasteiger partial charge in [-0.05, 0) is 29.8 Å². The highest BCUT2D eigenvalue weighted by molar-refractivity contribution is 7.22. The number of pyridine rings is 1. The fourth-order valence-corrected chi connectivity index (χ4v) is 3.67. The number of rotatable bonds is 4. The Morgan fingerprint density at radius 2 is 2.25 bits per heavy atom. The molecule has 3 aromatic rings. The van der Waals surface area contributed by atoms with E-state index in [0.717, 1.165) is 20.9 Å². The maximum Gasteiger partial charge on any atom is 0.226 e. The normalized spacial score (nSPS) is 14.6. The van der Waals surface area contributed by atoms with Crippen LogP contribution in [0.2, 0.25) is 0 Å². The molecule has 1 aliphatic rings. The van der Waals surface area contributed by atoms with Crippen molar-refractivity contribution in [2.75, 3.05) is 18.0 Å². The zero-order chi connectivity index (χ0) is 16.5. The van der Waals surface area contributed by atoms with Crippen LogP contribution in [0.4, 0.5) is 9.52 Å². The molecule has 1 N–H and O–H groups in total. The number of thiazole rings is 1. The van der Waals surface area contributed by atoms with Gasteiger partial charge in [0.15, 0.2) is 5.13 Å². The molecule has 1 fully saturated rings. The van der Waals surface area contributed by atoms with Gasteiger partial charge in [-0.15, -0.1) is 0 Å². The Bertz CT molecular complexity index is 877. The Hall–Kier alpha value is -2.54. The summed E-state index contributed by atoms with van der Waals surface area (Å²) in [5.74, 6) is -0.248. The zero-order valence-corrected chi connectivity index (χ0v) is 13.6. The van der Waals surface area contributed by atoms with Crippen LogP contribution in [0, 0.1) is 11.7 Å². The molecule has 122 valence electrons. The minimum atomic E-state index is -0.256. The van der Waals surface area contributed by atoms with Crippen molar-refractivity contribution in [3.05, 3.63) is 54.1 Å². The van der Waals surface area contributed by atoms with Crippen LogP contribution in [0.3, 0.4) is 0 Å². The van der Waals surface area contributed by atoms with Gasteiger partial charge in [-0.3, -0.25) is 9.78 Å². The first-order valence-electron chi connectivity index (χ1n) is 7.67. The lowest BCUT2D eigenvalue weighted by Gasteiger charge is -2.37. The number of aromatic nitrogens is 2. The van der Waals surface area contributed by atoms with E-state index in [1.165, 1.54) is 23.5 Å². The molecule has 4 rings (SSSR count). The van der Waals surface area contributed by atoms with Gasteiger partial charge in [0.1, 0.15) is 5.82 Å². The molecule has 0 atom stereocenters. The van der Waals surface area contributed by atoms with E-state index in [4.69, 9.17) is 0 Å². The standard InChI is InChI=1S/C17H15FN4OS/c18-13-3-4-14-15(6-13)24-17(21-14)22-9-12(10-22)16(23)20-8-11-2-1-5-19-7-11/h1-7,12H,8-10H2,(H,20,23). The average Bonchev–Trinajstić information content (AvgIpc) is 2.95. The second kappa shape index (κ2) is 6.16. The summed E-state index contributed by atoms with van der Waals surface area (Å²) in [6, 6.07) is 8.37. The van der Waals surface area contributed by atoms with Crippen LogP contribution < -0.4 is 10.2 Å². The number of halogens is 1. The molecule has 2 aromatic heterocycles. The molecular formula is C17H15FN4OS. The van der Waals surface area contributed by atoms with E-state index in [-0.39, 0.29) is 17.6 Å². The number of hydrogen-bond donors (Lipinski definition) is 1. The minimum absolute atomic E-state index is 0.0366. The van der Waals surface area contributed by atoms with Gasteiger partial charge in [0.25, 0.3) is 0 Å². The summed E-state index contributed by atoms with van der Waals surface area (Å²) in [6.45, 7) is 1.77. The van der Waals surface area contributed by atoms with E-state index < -0.39 is 0 Å². The molecule has 3 heterocycles. The number of hydrogen-bond acceptors (Lipinski definition) is 5. The van der Waals surface area contributed by atoms with E-state index in [9.17, 15) is 9.18 Å². The lowest BCUT2D eigenvalue weighted by molar-refractivity contribution is -0.125. The molecule has 0 unspecified atom stereocenters. The first kappa shape index (κ1) is 15.0. The highest BCUT2D eigenvalue weighted by atomic mass is 32.1. The van der Waals surface area contributed by atoms with Crippen LogP contribution in [-0.4, -0.2) is 29.0 Å². The van der Waals surface area contributed by atoms with Gasteiger partial charge < -0.3 is 10.2 Å². The number of nitrogens with one attached hydrogen (secondary N) is 1. The molecule has 0 saturated carbocycles. The molecule has 0 spiro atoms. The van der Waals surface area contributed by atoms with Crippen LogP contribution in [0.25, 0.3) is 10.2 Å². The molecule has 0 radical (unpaired) electrons. The Morgan fingerprint density at radius 1 is 1.38 bits per heavy atom. The van der Waals surface area contributed by atoms with Crippen LogP contribution >= 0.6 is 11.3 Å². The average molecular weight is 342 g/mol. The second-order valence-electron chi connectivity index (χ2n) is 5.79. The lowest BCUT2D eigenvalue weighted by Crippen LogP contribution is -2.53. The fraction of sp³-hybridized carbons (Fsp3) is 0.235. The van der Waals surface area contributed by atoms with E-state index in [2.05, 4.69) is 20.2 Å². The van der Waals surface area contributed by atoms with Crippen molar-refractivity contribution in [1.82, 2.24) is 15.3 Å². The summed E-state index contributed by atoms with van der Waals surface area (Å²) in [4.78, 5) is 22.7. The predicted octanol–water partition coefficient (Wildman–Crippen LogP) is 2.58. The van der Waals surface area contributed by atoms with Crippen LogP contribution in [0.5, 0.6) is 0 Å². The predicted molar refractivity (Wildman–Crippen MR) is 91.4 cm³/mol. The van der Waals surface area contributed by atoms with Gasteiger partial charge in [0.05, 0.1) is 16.1 Å². The van der Waals surface area contributed by atoms with Gasteiger partial charge in [-0.25, -0.2) is 9.37 Å². The Morgan fingerprint density at radius 3 is 3.04 bits per heavy atom. The highest BCUT2D eigenvalue weighted by Crippen LogP contribution is 2.33. The minimum Gasteiger partial charge on any atom is -0.352 e. The van der Waals surface area contributed by atoms with Crippen molar-refractivity contribution < 1.29 is 9.18 Å². The number of benzene rings is 1. The van der Waals surface area contributed by atoms with Gasteiger partial charge in [0, 0.05) is 32.0 Å². The Labute approximate surface area is 142 Å². The molecule has 1 aromatic carbocycles. The molecule has 1 amide bonds. The van der Waals surface area contributed by atoms with Gasteiger partial charge in [-0.1, -0.05) is 17.4 Å². The molecule has 0 aliphatic carbocycles. The second-order valence-corrected chi connectivity index (χ2v) is 6.80. The monoisotopic (exact) mass is 342 g/mol. The van der Waals surface area contributed by atoms with Crippen molar-refractivity contribution in [2.45, 2.75) is 6.54 Å². The number of fused-ring (bicyclic) bond motifs is 1. The summed E-state index contributed by atoms with van der Waals surface area (Å²) in [6.07, 6.45) is 3.45. The SMILES string of the molecule is O=C(NCc1cccnc1)C1CN(c2nc3ccc(F)cc3s2)C1. The van der Waals surface area contributed by atoms with E-state index in [1.807, 2.05) is 12.1 Å². The Balaban J connectivity index is 1.34. The molecule has 5 nitrogen and oxygen atoms in total. The zero-order valence-electron chi connectivity index (χ0n) is 12.8. The molecule has 1 aliphatic heterocycles. The Kier molecular flexibility index (Phi) is 3.86. The molecular weight excluding hydrogens is 327 g/mol. The van der Waals surface area contributed by atoms with Crippen molar-refractivity contribution in [3.8, 4) is 0 Å². The largest absolute Gasteiger partial charge is 0.352 e. The summed E-state index contributed by atoms with van der Waals surface area (Å²) in [7, 11) is 0. The van der Waals surface area contributed by atoms with Gasteiger partial charge in [0.2, 0.25) is 5.91 Å². The van der Waals surface area contributed by atoms with Crippen molar-refractivity contribution in [1.29, 1.82) is 0 Å². The topological polar surface area (TPSA) is 58.1 Å². The summed E-state index contributed by atoms with van der Waals surface area (Å²) >= 11 is 1.45. The number of carbonyl (C=O) groups is 1. The third-order valence-electron chi connectivity index (χ3n) is 4.05. The third kappa shape index (κ3) is 2.94. The first-order chi connectivity index (χ1) is 11.7. The highest BCUT2D eigenvalue weighted by Gasteiger charge is 2.34. The van der Waals surface area contributed by atoms with Crippen molar-refractivity contribution in [2.24, 2.45) is 5.92 Å². The number of anilines is 1. The smallest absolute Gasteiger partial charge is 0.226 e. The van der Waals surface area contributed by atoms with Crippen LogP contribution in [0.15, 0.2) is 42.7 Å². The van der Waals surface area contributed by atoms with Gasteiger partial charge >= 0.3 is 0 Å². The van der Waals surface area contributed by atoms with Crippen molar-refractivity contribution in [3.63, 3.8) is 0 Å². The van der Waals surface area contributed by atoms with E-state index in [0.29, 0.717) is 19.6 Å². The molecule has 24 heavy (non-hydrogen) atoms. The first-order valence-corrected chi connectivity index (χ1v) is 8.48. The third-order valence-corrected chi connectivity index (χ3v) is 5.13. The van der Waals surface area contributed by atoms with E-state index >= 15 is 0 Å². The van der Waals surface area contributed by atoms with Crippen LogP contribution in [-0.2, 0) is 11.3 Å². The summed E-state index contributed by atoms with van der Waals surface area (Å²) in [5, 5.41) is 3.77. The molecule has 7 heteroatoms. The fourth-order valence-electron chi connectivity index (χ4n) is 2.66. The van der Waals surface area contributed by atoms with Crippen LogP contribution in [0.1, 0.15) is 5.56 Å². The summed E-state index contributed by atoms with van der Waals surface area (Å²) in [5.41, 5.74) is 1.77. The maximum absolute atomic E-state index is 13.2. The number of carbonyl (C=O) groups excluding carboxylic acids is 1. The maximum atomic E-state index is 13.2. The molecule has 0 bridgehead atoms.